The van der Waals surface area contributed by atoms with Crippen LogP contribution in [-0.2, 0) is 27.3 Å². The van der Waals surface area contributed by atoms with Gasteiger partial charge in [-0.15, -0.1) is 0 Å². The maximum atomic E-state index is 13.6. The Labute approximate surface area is 202 Å². The van der Waals surface area contributed by atoms with E-state index in [1.807, 2.05) is 24.3 Å². The Morgan fingerprint density at radius 3 is 2.49 bits per heavy atom. The van der Waals surface area contributed by atoms with Gasteiger partial charge in [0.15, 0.2) is 0 Å². The number of pyridine rings is 1. The fourth-order valence-electron chi connectivity index (χ4n) is 3.82. The molecule has 2 heterocycles. The Kier molecular flexibility index (Phi) is 8.07. The van der Waals surface area contributed by atoms with Crippen LogP contribution >= 0.6 is 0 Å². The van der Waals surface area contributed by atoms with Gasteiger partial charge in [-0.05, 0) is 42.0 Å². The molecule has 4 rings (SSSR count). The number of ether oxygens (including phenoxy) is 1. The van der Waals surface area contributed by atoms with Gasteiger partial charge in [0, 0.05) is 60.6 Å². The third-order valence-electron chi connectivity index (χ3n) is 5.47. The third-order valence-corrected chi connectivity index (χ3v) is 5.47. The number of benzene rings is 2. The van der Waals surface area contributed by atoms with E-state index in [0.29, 0.717) is 22.6 Å². The van der Waals surface area contributed by atoms with Gasteiger partial charge in [0.2, 0.25) is 5.91 Å². The molecule has 1 saturated heterocycles. The summed E-state index contributed by atoms with van der Waals surface area (Å²) in [6.07, 6.45) is 1.59. The van der Waals surface area contributed by atoms with E-state index in [2.05, 4.69) is 30.8 Å². The molecule has 1 amide bonds. The van der Waals surface area contributed by atoms with Crippen molar-refractivity contribution in [2.24, 2.45) is 0 Å². The van der Waals surface area contributed by atoms with Crippen molar-refractivity contribution in [3.05, 3.63) is 77.5 Å². The van der Waals surface area contributed by atoms with Crippen molar-refractivity contribution in [2.75, 3.05) is 48.9 Å². The predicted molar refractivity (Wildman–Crippen MR) is 130 cm³/mol. The second-order valence-electron chi connectivity index (χ2n) is 8.04. The summed E-state index contributed by atoms with van der Waals surface area (Å²) in [7, 11) is 1.35. The molecule has 3 N–H and O–H groups in total. The number of anilines is 4. The van der Waals surface area contributed by atoms with Crippen LogP contribution < -0.4 is 21.0 Å². The van der Waals surface area contributed by atoms with Crippen molar-refractivity contribution < 1.29 is 23.1 Å². The lowest BCUT2D eigenvalue weighted by Crippen LogP contribution is -2.36. The van der Waals surface area contributed by atoms with Crippen LogP contribution in [0.25, 0.3) is 0 Å². The number of nitrogens with one attached hydrogen (secondary N) is 3. The highest BCUT2D eigenvalue weighted by atomic mass is 19.1. The average molecular weight is 484 g/mol. The first-order valence-corrected chi connectivity index (χ1v) is 11.2. The summed E-state index contributed by atoms with van der Waals surface area (Å²) in [5.41, 5.74) is 5.87. The molecule has 10 heteroatoms. The second kappa shape index (κ2) is 11.6. The lowest BCUT2D eigenvalue weighted by Gasteiger charge is -2.28. The monoisotopic (exact) mass is 483 g/mol. The summed E-state index contributed by atoms with van der Waals surface area (Å²) in [4.78, 5) is 23.4. The zero-order valence-corrected chi connectivity index (χ0v) is 19.3. The molecular formula is C25H27F2N5O3. The number of halogens is 2. The molecule has 1 aliphatic heterocycles. The van der Waals surface area contributed by atoms with E-state index >= 15 is 0 Å². The van der Waals surface area contributed by atoms with E-state index in [4.69, 9.17) is 4.74 Å². The SMILES string of the molecule is CONC(=O)Cc1cnc(Nc2ccc(N3CCOCC3)cc2)cc1NCc1cc(F)cc(F)c1. The van der Waals surface area contributed by atoms with Gasteiger partial charge < -0.3 is 20.3 Å². The number of carbonyl (C=O) groups excluding carboxylic acids is 1. The molecule has 0 aliphatic carbocycles. The quantitative estimate of drug-likeness (QED) is 0.400. The number of nitrogens with zero attached hydrogens (tertiary/aromatic N) is 2. The van der Waals surface area contributed by atoms with Crippen molar-refractivity contribution in [3.63, 3.8) is 0 Å². The fraction of sp³-hybridized carbons (Fsp3) is 0.280. The van der Waals surface area contributed by atoms with Gasteiger partial charge in [0.05, 0.1) is 26.7 Å². The van der Waals surface area contributed by atoms with Gasteiger partial charge in [-0.3, -0.25) is 9.63 Å². The number of morpholine rings is 1. The van der Waals surface area contributed by atoms with Crippen LogP contribution in [0.1, 0.15) is 11.1 Å². The highest BCUT2D eigenvalue weighted by Gasteiger charge is 2.13. The minimum absolute atomic E-state index is 0.00914. The molecule has 0 spiro atoms. The van der Waals surface area contributed by atoms with Crippen LogP contribution in [0.15, 0.2) is 54.7 Å². The number of aromatic nitrogens is 1. The van der Waals surface area contributed by atoms with Gasteiger partial charge in [-0.25, -0.2) is 19.2 Å². The van der Waals surface area contributed by atoms with Crippen molar-refractivity contribution in [3.8, 4) is 0 Å². The molecule has 0 atom stereocenters. The lowest BCUT2D eigenvalue weighted by atomic mass is 10.1. The van der Waals surface area contributed by atoms with Crippen LogP contribution in [-0.4, -0.2) is 44.3 Å². The maximum Gasteiger partial charge on any atom is 0.248 e. The summed E-state index contributed by atoms with van der Waals surface area (Å²) in [6.45, 7) is 3.31. The van der Waals surface area contributed by atoms with E-state index in [0.717, 1.165) is 43.7 Å². The Bertz CT molecular complexity index is 1130. The van der Waals surface area contributed by atoms with Gasteiger partial charge in [-0.2, -0.15) is 0 Å². The Hall–Kier alpha value is -3.76. The van der Waals surface area contributed by atoms with Crippen molar-refractivity contribution in [1.82, 2.24) is 10.5 Å². The molecule has 8 nitrogen and oxygen atoms in total. The molecular weight excluding hydrogens is 456 g/mol. The fourth-order valence-corrected chi connectivity index (χ4v) is 3.82. The minimum atomic E-state index is -0.654. The summed E-state index contributed by atoms with van der Waals surface area (Å²) < 4.78 is 32.6. The molecule has 0 radical (unpaired) electrons. The number of amides is 1. The molecule has 1 aromatic heterocycles. The van der Waals surface area contributed by atoms with Crippen LogP contribution in [0.5, 0.6) is 0 Å². The molecule has 1 fully saturated rings. The Balaban J connectivity index is 1.50. The number of carbonyl (C=O) groups is 1. The van der Waals surface area contributed by atoms with Crippen LogP contribution in [0, 0.1) is 11.6 Å². The van der Waals surface area contributed by atoms with Gasteiger partial charge in [-0.1, -0.05) is 0 Å². The first kappa shape index (κ1) is 24.4. The topological polar surface area (TPSA) is 87.8 Å². The number of rotatable bonds is 9. The van der Waals surface area contributed by atoms with E-state index in [-0.39, 0.29) is 18.9 Å². The van der Waals surface area contributed by atoms with Crippen LogP contribution in [0.3, 0.4) is 0 Å². The normalized spacial score (nSPS) is 13.4. The molecule has 3 aromatic rings. The highest BCUT2D eigenvalue weighted by molar-refractivity contribution is 5.80. The van der Waals surface area contributed by atoms with Gasteiger partial charge in [0.1, 0.15) is 17.5 Å². The van der Waals surface area contributed by atoms with Gasteiger partial charge >= 0.3 is 0 Å². The summed E-state index contributed by atoms with van der Waals surface area (Å²) in [6, 6.07) is 13.1. The minimum Gasteiger partial charge on any atom is -0.381 e. The molecule has 1 aliphatic rings. The van der Waals surface area contributed by atoms with E-state index in [1.165, 1.54) is 19.2 Å². The van der Waals surface area contributed by atoms with Gasteiger partial charge in [0.25, 0.3) is 0 Å². The zero-order chi connectivity index (χ0) is 24.6. The first-order chi connectivity index (χ1) is 17.0. The molecule has 184 valence electrons. The van der Waals surface area contributed by atoms with Crippen LogP contribution in [0.4, 0.5) is 31.7 Å². The zero-order valence-electron chi connectivity index (χ0n) is 19.3. The van der Waals surface area contributed by atoms with Crippen molar-refractivity contribution >= 4 is 28.8 Å². The number of hydroxylamine groups is 1. The van der Waals surface area contributed by atoms with Crippen LogP contribution in [0.2, 0.25) is 0 Å². The Morgan fingerprint density at radius 2 is 1.80 bits per heavy atom. The Morgan fingerprint density at radius 1 is 1.09 bits per heavy atom. The largest absolute Gasteiger partial charge is 0.381 e. The predicted octanol–water partition coefficient (Wildman–Crippen LogP) is 3.77. The summed E-state index contributed by atoms with van der Waals surface area (Å²) in [5.74, 6) is -1.11. The van der Waals surface area contributed by atoms with E-state index in [1.54, 1.807) is 12.3 Å². The number of hydrogen-bond donors (Lipinski definition) is 3. The molecule has 0 bridgehead atoms. The lowest BCUT2D eigenvalue weighted by molar-refractivity contribution is -0.130. The first-order valence-electron chi connectivity index (χ1n) is 11.2. The second-order valence-corrected chi connectivity index (χ2v) is 8.04. The third kappa shape index (κ3) is 6.87. The van der Waals surface area contributed by atoms with Crippen molar-refractivity contribution in [2.45, 2.75) is 13.0 Å². The molecule has 0 unspecified atom stereocenters. The molecule has 0 saturated carbocycles. The average Bonchev–Trinajstić information content (AvgIpc) is 2.85. The van der Waals surface area contributed by atoms with E-state index in [9.17, 15) is 13.6 Å². The van der Waals surface area contributed by atoms with Crippen molar-refractivity contribution in [1.29, 1.82) is 0 Å². The standard InChI is InChI=1S/C25H27F2N5O3/c1-34-31-25(33)12-18-16-29-24(14-23(18)28-15-17-10-19(26)13-20(27)11-17)30-21-2-4-22(5-3-21)32-6-8-35-9-7-32/h2-5,10-11,13-14,16H,6-9,12,15H2,1H3,(H,31,33)(H2,28,29,30). The molecule has 2 aromatic carbocycles. The van der Waals surface area contributed by atoms with E-state index < -0.39 is 11.6 Å². The smallest absolute Gasteiger partial charge is 0.248 e. The summed E-state index contributed by atoms with van der Waals surface area (Å²) in [5, 5.41) is 6.41. The highest BCUT2D eigenvalue weighted by Crippen LogP contribution is 2.25. The molecule has 35 heavy (non-hydrogen) atoms. The number of hydrogen-bond acceptors (Lipinski definition) is 7. The maximum absolute atomic E-state index is 13.6. The summed E-state index contributed by atoms with van der Waals surface area (Å²) >= 11 is 0.